The summed E-state index contributed by atoms with van der Waals surface area (Å²) in [6.45, 7) is 12.1. The Morgan fingerprint density at radius 3 is 1.81 bits per heavy atom. The van der Waals surface area contributed by atoms with Crippen LogP contribution in [0.15, 0.2) is 0 Å². The van der Waals surface area contributed by atoms with Crippen LogP contribution in [0.4, 0.5) is 0 Å². The Morgan fingerprint density at radius 1 is 1.00 bits per heavy atom. The SMILES string of the molecule is CCC[N+](CCCS)(OC(C)C)OC(C)C. The first-order valence-corrected chi connectivity index (χ1v) is 6.93. The maximum atomic E-state index is 5.97. The van der Waals surface area contributed by atoms with Gasteiger partial charge in [0.2, 0.25) is 0 Å². The zero-order chi connectivity index (χ0) is 12.6. The number of hydrogen-bond donors (Lipinski definition) is 1. The van der Waals surface area contributed by atoms with Crippen LogP contribution in [-0.2, 0) is 9.68 Å². The molecule has 0 aromatic rings. The van der Waals surface area contributed by atoms with Crippen molar-refractivity contribution >= 4 is 12.6 Å². The number of quaternary nitrogens is 1. The summed E-state index contributed by atoms with van der Waals surface area (Å²) in [5.41, 5.74) is 0. The molecule has 0 aliphatic carbocycles. The van der Waals surface area contributed by atoms with Crippen LogP contribution in [0.2, 0.25) is 0 Å². The molecule has 0 spiro atoms. The number of hydroxylamine groups is 4. The van der Waals surface area contributed by atoms with Gasteiger partial charge in [0.15, 0.2) is 0 Å². The van der Waals surface area contributed by atoms with E-state index < -0.39 is 0 Å². The summed E-state index contributed by atoms with van der Waals surface area (Å²) in [5.74, 6) is 0.868. The molecule has 0 heterocycles. The van der Waals surface area contributed by atoms with E-state index in [9.17, 15) is 0 Å². The maximum Gasteiger partial charge on any atom is 0.143 e. The summed E-state index contributed by atoms with van der Waals surface area (Å²) in [6, 6.07) is 0. The van der Waals surface area contributed by atoms with Crippen molar-refractivity contribution in [1.82, 2.24) is 0 Å². The highest BCUT2D eigenvalue weighted by atomic mass is 32.1. The lowest BCUT2D eigenvalue weighted by Crippen LogP contribution is -2.52. The summed E-state index contributed by atoms with van der Waals surface area (Å²) in [4.78, 5) is 12.3. The van der Waals surface area contributed by atoms with Crippen molar-refractivity contribution in [1.29, 1.82) is 0 Å². The Morgan fingerprint density at radius 2 is 1.50 bits per heavy atom. The second kappa shape index (κ2) is 8.34. The van der Waals surface area contributed by atoms with E-state index in [0.29, 0.717) is 4.81 Å². The largest absolute Gasteiger partial charge is 0.179 e. The van der Waals surface area contributed by atoms with Gasteiger partial charge < -0.3 is 0 Å². The van der Waals surface area contributed by atoms with Crippen LogP contribution in [0.3, 0.4) is 0 Å². The Hall–Kier alpha value is 0.230. The van der Waals surface area contributed by atoms with Crippen molar-refractivity contribution < 1.29 is 14.5 Å². The highest BCUT2D eigenvalue weighted by molar-refractivity contribution is 7.80. The molecule has 0 atom stereocenters. The van der Waals surface area contributed by atoms with Gasteiger partial charge in [-0.2, -0.15) is 22.3 Å². The monoisotopic (exact) mass is 250 g/mol. The van der Waals surface area contributed by atoms with Gasteiger partial charge in [-0.1, -0.05) is 6.92 Å². The van der Waals surface area contributed by atoms with Crippen molar-refractivity contribution in [3.8, 4) is 0 Å². The first-order chi connectivity index (χ1) is 7.45. The fraction of sp³-hybridized carbons (Fsp3) is 1.00. The molecule has 16 heavy (non-hydrogen) atoms. The van der Waals surface area contributed by atoms with Gasteiger partial charge in [0.25, 0.3) is 0 Å². The molecule has 0 saturated heterocycles. The summed E-state index contributed by atoms with van der Waals surface area (Å²) >= 11 is 4.26. The first kappa shape index (κ1) is 16.2. The summed E-state index contributed by atoms with van der Waals surface area (Å²) in [7, 11) is 0. The molecule has 0 N–H and O–H groups in total. The number of nitrogens with zero attached hydrogens (tertiary/aromatic N) is 1. The standard InChI is InChI=1S/C12H27NO2S/c1-6-8-13(9-7-10-16,14-11(2)3)15-12(4)5/h11-12H,6-10H2,1-5H3/p+1. The topological polar surface area (TPSA) is 18.5 Å². The van der Waals surface area contributed by atoms with Crippen molar-refractivity contribution in [2.24, 2.45) is 0 Å². The summed E-state index contributed by atoms with van der Waals surface area (Å²) < 4.78 is 0. The molecule has 0 amide bonds. The van der Waals surface area contributed by atoms with E-state index >= 15 is 0 Å². The maximum absolute atomic E-state index is 5.97. The van der Waals surface area contributed by atoms with E-state index in [0.717, 1.165) is 31.7 Å². The lowest BCUT2D eigenvalue weighted by Gasteiger charge is -2.35. The lowest BCUT2D eigenvalue weighted by atomic mass is 10.4. The molecule has 0 saturated carbocycles. The van der Waals surface area contributed by atoms with Crippen LogP contribution in [0.5, 0.6) is 0 Å². The molecule has 0 bridgehead atoms. The normalized spacial score (nSPS) is 12.8. The minimum atomic E-state index is 0.171. The second-order valence-corrected chi connectivity index (χ2v) is 5.09. The van der Waals surface area contributed by atoms with Gasteiger partial charge in [-0.05, 0) is 44.7 Å². The Kier molecular flexibility index (Phi) is 8.46. The molecule has 0 radical (unpaired) electrons. The van der Waals surface area contributed by atoms with Crippen molar-refractivity contribution in [2.45, 2.75) is 59.7 Å². The van der Waals surface area contributed by atoms with Gasteiger partial charge in [-0.15, -0.1) is 0 Å². The molecule has 0 rings (SSSR count). The predicted octanol–water partition coefficient (Wildman–Crippen LogP) is 3.21. The molecule has 0 aromatic heterocycles. The van der Waals surface area contributed by atoms with Crippen LogP contribution in [-0.4, -0.2) is 35.9 Å². The summed E-state index contributed by atoms with van der Waals surface area (Å²) in [5, 5.41) is 0. The van der Waals surface area contributed by atoms with Crippen LogP contribution < -0.4 is 0 Å². The predicted molar refractivity (Wildman–Crippen MR) is 71.2 cm³/mol. The fourth-order valence-electron chi connectivity index (χ4n) is 1.77. The average molecular weight is 250 g/mol. The molecule has 0 aliphatic rings. The quantitative estimate of drug-likeness (QED) is 0.385. The van der Waals surface area contributed by atoms with Crippen LogP contribution in [0.1, 0.15) is 47.5 Å². The Balaban J connectivity index is 4.58. The Labute approximate surface area is 106 Å². The minimum Gasteiger partial charge on any atom is -0.179 e. The molecule has 0 fully saturated rings. The molecular weight excluding hydrogens is 222 g/mol. The first-order valence-electron chi connectivity index (χ1n) is 6.30. The van der Waals surface area contributed by atoms with E-state index in [1.54, 1.807) is 0 Å². The van der Waals surface area contributed by atoms with Crippen LogP contribution in [0, 0.1) is 0 Å². The van der Waals surface area contributed by atoms with Gasteiger partial charge in [-0.3, -0.25) is 0 Å². The van der Waals surface area contributed by atoms with Crippen molar-refractivity contribution in [3.63, 3.8) is 0 Å². The third-order valence-electron chi connectivity index (χ3n) is 2.03. The van der Waals surface area contributed by atoms with Gasteiger partial charge >= 0.3 is 0 Å². The third-order valence-corrected chi connectivity index (χ3v) is 2.34. The van der Waals surface area contributed by atoms with Gasteiger partial charge in [0, 0.05) is 6.42 Å². The molecule has 0 unspecified atom stereocenters. The fourth-order valence-corrected chi connectivity index (χ4v) is 1.91. The molecule has 0 aromatic carbocycles. The average Bonchev–Trinajstić information content (AvgIpc) is 2.13. The molecule has 98 valence electrons. The van der Waals surface area contributed by atoms with Crippen LogP contribution in [0.25, 0.3) is 0 Å². The molecule has 3 nitrogen and oxygen atoms in total. The van der Waals surface area contributed by atoms with Crippen LogP contribution >= 0.6 is 12.6 Å². The number of thiol groups is 1. The zero-order valence-electron chi connectivity index (χ0n) is 11.4. The van der Waals surface area contributed by atoms with Crippen molar-refractivity contribution in [2.75, 3.05) is 18.8 Å². The molecule has 4 heteroatoms. The second-order valence-electron chi connectivity index (χ2n) is 4.65. The van der Waals surface area contributed by atoms with E-state index in [-0.39, 0.29) is 12.2 Å². The van der Waals surface area contributed by atoms with E-state index in [2.05, 4.69) is 19.6 Å². The van der Waals surface area contributed by atoms with Crippen molar-refractivity contribution in [3.05, 3.63) is 0 Å². The zero-order valence-corrected chi connectivity index (χ0v) is 12.3. The smallest absolute Gasteiger partial charge is 0.143 e. The van der Waals surface area contributed by atoms with Gasteiger partial charge in [-0.25, -0.2) is 0 Å². The van der Waals surface area contributed by atoms with E-state index in [4.69, 9.17) is 9.68 Å². The third kappa shape index (κ3) is 6.74. The van der Waals surface area contributed by atoms with E-state index in [1.807, 2.05) is 27.7 Å². The molecule has 0 aliphatic heterocycles. The highest BCUT2D eigenvalue weighted by Gasteiger charge is 2.33. The number of hydrogen-bond acceptors (Lipinski definition) is 3. The lowest BCUT2D eigenvalue weighted by molar-refractivity contribution is -1.25. The number of rotatable bonds is 9. The van der Waals surface area contributed by atoms with Gasteiger partial charge in [0.1, 0.15) is 25.3 Å². The Bertz CT molecular complexity index is 164. The van der Waals surface area contributed by atoms with E-state index in [1.165, 1.54) is 0 Å². The minimum absolute atomic E-state index is 0.171. The van der Waals surface area contributed by atoms with Gasteiger partial charge in [0.05, 0.1) is 0 Å². The highest BCUT2D eigenvalue weighted by Crippen LogP contribution is 2.17. The molecular formula is C12H28NO2S+. The summed E-state index contributed by atoms with van der Waals surface area (Å²) in [6.07, 6.45) is 2.39.